The molecule has 0 spiro atoms. The fraction of sp³-hybridized carbons (Fsp3) is 0.227. The summed E-state index contributed by atoms with van der Waals surface area (Å²) in [6.45, 7) is 4.87. The van der Waals surface area contributed by atoms with E-state index in [9.17, 15) is 9.90 Å². The van der Waals surface area contributed by atoms with Crippen molar-refractivity contribution in [1.29, 1.82) is 0 Å². The van der Waals surface area contributed by atoms with E-state index in [1.54, 1.807) is 19.2 Å². The molecule has 0 atom stereocenters. The van der Waals surface area contributed by atoms with E-state index >= 15 is 0 Å². The molecule has 3 aromatic rings. The normalized spacial score (nSPS) is 10.9. The third-order valence-corrected chi connectivity index (χ3v) is 5.11. The van der Waals surface area contributed by atoms with E-state index < -0.39 is 5.97 Å². The number of ether oxygens (including phenoxy) is 1. The maximum Gasteiger partial charge on any atom is 0.337 e. The van der Waals surface area contributed by atoms with Crippen molar-refractivity contribution < 1.29 is 14.6 Å². The van der Waals surface area contributed by atoms with Crippen molar-refractivity contribution in [2.24, 2.45) is 0 Å². The largest absolute Gasteiger partial charge is 0.497 e. The van der Waals surface area contributed by atoms with E-state index in [2.05, 4.69) is 5.32 Å². The number of rotatable bonds is 7. The van der Waals surface area contributed by atoms with Gasteiger partial charge in [-0.2, -0.15) is 0 Å². The number of methoxy groups -OCH3 is 1. The number of nitrogens with zero attached hydrogens (tertiary/aromatic N) is 1. The summed E-state index contributed by atoms with van der Waals surface area (Å²) in [7, 11) is 1.64. The zero-order chi connectivity index (χ0) is 20.3. The Balaban J connectivity index is 1.86. The summed E-state index contributed by atoms with van der Waals surface area (Å²) in [6.07, 6.45) is 0. The molecule has 146 valence electrons. The lowest BCUT2D eigenvalue weighted by molar-refractivity contribution is 0.0695. The van der Waals surface area contributed by atoms with Gasteiger partial charge in [-0.05, 0) is 55.8 Å². The summed E-state index contributed by atoms with van der Waals surface area (Å²) in [5, 5.41) is 13.8. The molecule has 6 heteroatoms. The Kier molecular flexibility index (Phi) is 6.07. The highest BCUT2D eigenvalue weighted by Gasteiger charge is 2.23. The van der Waals surface area contributed by atoms with Gasteiger partial charge in [0.05, 0.1) is 12.7 Å². The molecule has 28 heavy (non-hydrogen) atoms. The van der Waals surface area contributed by atoms with Crippen molar-refractivity contribution in [3.05, 3.63) is 81.6 Å². The Hall–Kier alpha value is -2.76. The number of carbonyl (C=O) groups is 1. The van der Waals surface area contributed by atoms with Crippen LogP contribution in [0.1, 0.15) is 32.9 Å². The van der Waals surface area contributed by atoms with Gasteiger partial charge in [0.15, 0.2) is 0 Å². The molecule has 2 N–H and O–H groups in total. The van der Waals surface area contributed by atoms with Gasteiger partial charge >= 0.3 is 5.97 Å². The van der Waals surface area contributed by atoms with Gasteiger partial charge in [-0.15, -0.1) is 0 Å². The molecule has 0 bridgehead atoms. The zero-order valence-electron chi connectivity index (χ0n) is 16.1. The molecule has 0 aliphatic heterocycles. The van der Waals surface area contributed by atoms with Gasteiger partial charge in [0.1, 0.15) is 5.75 Å². The number of hydrogen-bond acceptors (Lipinski definition) is 3. The molecule has 1 heterocycles. The predicted molar refractivity (Wildman–Crippen MR) is 111 cm³/mol. The highest BCUT2D eigenvalue weighted by molar-refractivity contribution is 6.30. The molecule has 3 rings (SSSR count). The number of aromatic carboxylic acids is 1. The molecule has 0 unspecified atom stereocenters. The summed E-state index contributed by atoms with van der Waals surface area (Å²) in [5.74, 6) is -0.113. The summed E-state index contributed by atoms with van der Waals surface area (Å²) in [5.41, 5.74) is 4.73. The summed E-state index contributed by atoms with van der Waals surface area (Å²) in [6, 6.07) is 15.2. The van der Waals surface area contributed by atoms with Gasteiger partial charge in [0.25, 0.3) is 0 Å². The van der Waals surface area contributed by atoms with Gasteiger partial charge < -0.3 is 19.7 Å². The molecular weight excluding hydrogens is 376 g/mol. The number of benzene rings is 2. The van der Waals surface area contributed by atoms with Crippen molar-refractivity contribution in [3.8, 4) is 11.4 Å². The van der Waals surface area contributed by atoms with Crippen LogP contribution in [0.5, 0.6) is 5.75 Å². The van der Waals surface area contributed by atoms with Crippen LogP contribution in [0.25, 0.3) is 5.69 Å². The molecular formula is C22H23ClN2O3. The first-order valence-corrected chi connectivity index (χ1v) is 9.33. The van der Waals surface area contributed by atoms with Crippen LogP contribution in [0.15, 0.2) is 48.5 Å². The number of nitrogens with one attached hydrogen (secondary N) is 1. The van der Waals surface area contributed by atoms with Crippen molar-refractivity contribution in [2.75, 3.05) is 7.11 Å². The summed E-state index contributed by atoms with van der Waals surface area (Å²) < 4.78 is 7.13. The van der Waals surface area contributed by atoms with Gasteiger partial charge in [0.2, 0.25) is 0 Å². The third-order valence-electron chi connectivity index (χ3n) is 4.86. The van der Waals surface area contributed by atoms with Crippen molar-refractivity contribution in [2.45, 2.75) is 26.9 Å². The topological polar surface area (TPSA) is 63.5 Å². The molecule has 0 fully saturated rings. The average molecular weight is 399 g/mol. The molecule has 5 nitrogen and oxygen atoms in total. The van der Waals surface area contributed by atoms with E-state index in [4.69, 9.17) is 16.3 Å². The van der Waals surface area contributed by atoms with Crippen LogP contribution in [0, 0.1) is 13.8 Å². The highest BCUT2D eigenvalue weighted by atomic mass is 35.5. The molecule has 0 radical (unpaired) electrons. The van der Waals surface area contributed by atoms with E-state index in [-0.39, 0.29) is 0 Å². The maximum absolute atomic E-state index is 11.9. The van der Waals surface area contributed by atoms with Crippen LogP contribution < -0.4 is 10.1 Å². The van der Waals surface area contributed by atoms with Gasteiger partial charge in [-0.25, -0.2) is 4.79 Å². The average Bonchev–Trinajstić information content (AvgIpc) is 2.93. The van der Waals surface area contributed by atoms with E-state index in [0.717, 1.165) is 28.3 Å². The number of carboxylic acids is 1. The van der Waals surface area contributed by atoms with Gasteiger partial charge in [0, 0.05) is 40.8 Å². The number of carboxylic acid groups (broad SMARTS) is 1. The SMILES string of the molecule is COc1ccc(CNCc2c(C(=O)O)c(C)n(-c3ccc(Cl)cc3)c2C)cc1. The number of aromatic nitrogens is 1. The minimum atomic E-state index is -0.922. The molecule has 2 aromatic carbocycles. The Labute approximate surface area is 169 Å². The first-order chi connectivity index (χ1) is 13.4. The lowest BCUT2D eigenvalue weighted by Crippen LogP contribution is -2.15. The van der Waals surface area contributed by atoms with Crippen LogP contribution >= 0.6 is 11.6 Å². The minimum Gasteiger partial charge on any atom is -0.497 e. The smallest absolute Gasteiger partial charge is 0.337 e. The fourth-order valence-corrected chi connectivity index (χ4v) is 3.58. The molecule has 0 aliphatic rings. The first kappa shape index (κ1) is 20.0. The maximum atomic E-state index is 11.9. The lowest BCUT2D eigenvalue weighted by atomic mass is 10.1. The predicted octanol–water partition coefficient (Wildman–Crippen LogP) is 4.74. The number of hydrogen-bond donors (Lipinski definition) is 2. The summed E-state index contributed by atoms with van der Waals surface area (Å²) in [4.78, 5) is 11.9. The quantitative estimate of drug-likeness (QED) is 0.603. The molecule has 0 saturated heterocycles. The zero-order valence-corrected chi connectivity index (χ0v) is 16.9. The fourth-order valence-electron chi connectivity index (χ4n) is 3.45. The van der Waals surface area contributed by atoms with E-state index in [1.807, 2.05) is 54.8 Å². The highest BCUT2D eigenvalue weighted by Crippen LogP contribution is 2.27. The van der Waals surface area contributed by atoms with Crippen molar-refractivity contribution >= 4 is 17.6 Å². The van der Waals surface area contributed by atoms with Gasteiger partial charge in [-0.3, -0.25) is 0 Å². The third kappa shape index (κ3) is 4.06. The first-order valence-electron chi connectivity index (χ1n) is 8.96. The standard InChI is InChI=1S/C22H23ClN2O3/c1-14-20(13-24-12-16-4-10-19(28-3)11-5-16)21(22(26)27)15(2)25(14)18-8-6-17(23)7-9-18/h4-11,24H,12-13H2,1-3H3,(H,26,27). The van der Waals surface area contributed by atoms with E-state index in [0.29, 0.717) is 29.4 Å². The van der Waals surface area contributed by atoms with Crippen LogP contribution in [0.4, 0.5) is 0 Å². The molecule has 0 aliphatic carbocycles. The molecule has 0 saturated carbocycles. The molecule has 0 amide bonds. The van der Waals surface area contributed by atoms with Crippen LogP contribution in [0.3, 0.4) is 0 Å². The second-order valence-electron chi connectivity index (χ2n) is 6.59. The van der Waals surface area contributed by atoms with Crippen LogP contribution in [-0.4, -0.2) is 22.8 Å². The Morgan fingerprint density at radius 3 is 2.25 bits per heavy atom. The second kappa shape index (κ2) is 8.50. The Bertz CT molecular complexity index is 977. The van der Waals surface area contributed by atoms with Crippen molar-refractivity contribution in [3.63, 3.8) is 0 Å². The summed E-state index contributed by atoms with van der Waals surface area (Å²) >= 11 is 5.99. The van der Waals surface area contributed by atoms with Crippen LogP contribution in [0.2, 0.25) is 5.02 Å². The number of halogens is 1. The Morgan fingerprint density at radius 1 is 1.04 bits per heavy atom. The monoisotopic (exact) mass is 398 g/mol. The lowest BCUT2D eigenvalue weighted by Gasteiger charge is -2.10. The van der Waals surface area contributed by atoms with Crippen molar-refractivity contribution in [1.82, 2.24) is 9.88 Å². The van der Waals surface area contributed by atoms with E-state index in [1.165, 1.54) is 0 Å². The molecule has 1 aromatic heterocycles. The minimum absolute atomic E-state index is 0.342. The Morgan fingerprint density at radius 2 is 1.68 bits per heavy atom. The van der Waals surface area contributed by atoms with Gasteiger partial charge in [-0.1, -0.05) is 23.7 Å². The second-order valence-corrected chi connectivity index (χ2v) is 7.03. The van der Waals surface area contributed by atoms with Crippen LogP contribution in [-0.2, 0) is 13.1 Å².